The maximum absolute atomic E-state index is 12.6. The fourth-order valence-corrected chi connectivity index (χ4v) is 1.16. The summed E-state index contributed by atoms with van der Waals surface area (Å²) in [6.07, 6.45) is -4.57. The number of esters is 1. The van der Waals surface area contributed by atoms with Gasteiger partial charge in [-0.1, -0.05) is 12.1 Å². The number of alkyl halides is 3. The first-order chi connectivity index (χ1) is 8.90. The number of para-hydroxylation sites is 1. The lowest BCUT2D eigenvalue weighted by atomic mass is 10.2. The maximum Gasteiger partial charge on any atom is 0.418 e. The number of rotatable bonds is 3. The van der Waals surface area contributed by atoms with E-state index in [0.717, 1.165) is 19.2 Å². The van der Waals surface area contributed by atoms with Gasteiger partial charge in [-0.25, -0.2) is 4.79 Å². The first-order valence-electron chi connectivity index (χ1n) is 4.88. The Kier molecular flexibility index (Phi) is 4.47. The molecule has 0 heterocycles. The van der Waals surface area contributed by atoms with Gasteiger partial charge in [-0.05, 0) is 12.1 Å². The lowest BCUT2D eigenvalue weighted by Gasteiger charge is -2.11. The Morgan fingerprint density at radius 3 is 2.58 bits per heavy atom. The van der Waals surface area contributed by atoms with Crippen LogP contribution in [0.25, 0.3) is 0 Å². The van der Waals surface area contributed by atoms with E-state index in [4.69, 9.17) is 5.26 Å². The van der Waals surface area contributed by atoms with Gasteiger partial charge in [-0.3, -0.25) is 5.43 Å². The van der Waals surface area contributed by atoms with Crippen molar-refractivity contribution in [2.75, 3.05) is 12.5 Å². The number of hydrogen-bond acceptors (Lipinski definition) is 5. The number of carbonyl (C=O) groups is 1. The summed E-state index contributed by atoms with van der Waals surface area (Å²) in [5.74, 6) is -1.04. The van der Waals surface area contributed by atoms with Crippen LogP contribution in [-0.2, 0) is 15.7 Å². The van der Waals surface area contributed by atoms with Gasteiger partial charge >= 0.3 is 12.1 Å². The van der Waals surface area contributed by atoms with Crippen molar-refractivity contribution in [2.45, 2.75) is 6.18 Å². The molecule has 1 aromatic carbocycles. The summed E-state index contributed by atoms with van der Waals surface area (Å²) in [5, 5.41) is 11.9. The van der Waals surface area contributed by atoms with Crippen molar-refractivity contribution in [1.29, 1.82) is 5.26 Å². The van der Waals surface area contributed by atoms with Crippen LogP contribution in [0.2, 0.25) is 0 Å². The third kappa shape index (κ3) is 3.70. The molecule has 0 unspecified atom stereocenters. The zero-order valence-corrected chi connectivity index (χ0v) is 9.65. The third-order valence-corrected chi connectivity index (χ3v) is 2.01. The molecule has 1 aromatic rings. The third-order valence-electron chi connectivity index (χ3n) is 2.01. The van der Waals surface area contributed by atoms with Gasteiger partial charge in [0.2, 0.25) is 5.71 Å². The van der Waals surface area contributed by atoms with Crippen molar-refractivity contribution in [3.05, 3.63) is 29.8 Å². The second kappa shape index (κ2) is 5.86. The number of carbonyl (C=O) groups excluding carboxylic acids is 1. The van der Waals surface area contributed by atoms with Gasteiger partial charge in [0.15, 0.2) is 0 Å². The highest BCUT2D eigenvalue weighted by atomic mass is 19.4. The molecule has 0 aliphatic carbocycles. The number of halogens is 3. The molecule has 0 atom stereocenters. The van der Waals surface area contributed by atoms with Crippen LogP contribution >= 0.6 is 0 Å². The van der Waals surface area contributed by atoms with Crippen molar-refractivity contribution in [3.8, 4) is 6.07 Å². The highest BCUT2D eigenvalue weighted by molar-refractivity contribution is 6.43. The number of hydrazone groups is 1. The van der Waals surface area contributed by atoms with Crippen molar-refractivity contribution in [3.63, 3.8) is 0 Å². The monoisotopic (exact) mass is 271 g/mol. The molecule has 19 heavy (non-hydrogen) atoms. The van der Waals surface area contributed by atoms with Crippen molar-refractivity contribution in [2.24, 2.45) is 5.10 Å². The summed E-state index contributed by atoms with van der Waals surface area (Å²) in [5.41, 5.74) is 0.0233. The van der Waals surface area contributed by atoms with Gasteiger partial charge < -0.3 is 4.74 Å². The van der Waals surface area contributed by atoms with E-state index in [9.17, 15) is 18.0 Å². The van der Waals surface area contributed by atoms with Crippen LogP contribution in [0.4, 0.5) is 18.9 Å². The number of ether oxygens (including phenoxy) is 1. The predicted octanol–water partition coefficient (Wildman–Crippen LogP) is 2.17. The van der Waals surface area contributed by atoms with E-state index in [1.54, 1.807) is 0 Å². The normalized spacial score (nSPS) is 11.6. The number of nitriles is 1. The van der Waals surface area contributed by atoms with E-state index in [0.29, 0.717) is 0 Å². The zero-order chi connectivity index (χ0) is 14.5. The molecule has 0 amide bonds. The minimum atomic E-state index is -4.57. The molecule has 0 aromatic heterocycles. The molecule has 0 saturated carbocycles. The molecule has 0 bridgehead atoms. The van der Waals surface area contributed by atoms with E-state index in [1.807, 2.05) is 5.43 Å². The number of methoxy groups -OCH3 is 1. The fraction of sp³-hybridized carbons (Fsp3) is 0.182. The molecule has 0 aliphatic rings. The molecule has 5 nitrogen and oxygen atoms in total. The molecule has 0 aliphatic heterocycles. The highest BCUT2D eigenvalue weighted by Crippen LogP contribution is 2.34. The van der Waals surface area contributed by atoms with Gasteiger partial charge in [-0.15, -0.1) is 0 Å². The Labute approximate surface area is 106 Å². The average Bonchev–Trinajstić information content (AvgIpc) is 2.38. The van der Waals surface area contributed by atoms with Gasteiger partial charge in [0.25, 0.3) is 0 Å². The molecule has 0 radical (unpaired) electrons. The molecular formula is C11H8F3N3O2. The Morgan fingerprint density at radius 2 is 2.05 bits per heavy atom. The van der Waals surface area contributed by atoms with Crippen LogP contribution < -0.4 is 5.43 Å². The van der Waals surface area contributed by atoms with Crippen LogP contribution in [0.3, 0.4) is 0 Å². The van der Waals surface area contributed by atoms with Crippen molar-refractivity contribution in [1.82, 2.24) is 0 Å². The Balaban J connectivity index is 3.05. The Bertz CT molecular complexity index is 547. The number of nitrogens with zero attached hydrogens (tertiary/aromatic N) is 2. The van der Waals surface area contributed by atoms with Gasteiger partial charge in [-0.2, -0.15) is 23.5 Å². The van der Waals surface area contributed by atoms with Crippen molar-refractivity contribution < 1.29 is 22.7 Å². The lowest BCUT2D eigenvalue weighted by Crippen LogP contribution is -2.16. The minimum Gasteiger partial charge on any atom is -0.464 e. The van der Waals surface area contributed by atoms with Crippen LogP contribution in [0, 0.1) is 11.3 Å². The smallest absolute Gasteiger partial charge is 0.418 e. The Morgan fingerprint density at radius 1 is 1.42 bits per heavy atom. The molecule has 0 spiro atoms. The standard InChI is InChI=1S/C11H8F3N3O2/c1-19-10(18)9(6-15)17-16-8-5-3-2-4-7(8)11(12,13)14/h2-5,16H,1H3/b17-9-. The van der Waals surface area contributed by atoms with Gasteiger partial charge in [0, 0.05) is 0 Å². The van der Waals surface area contributed by atoms with E-state index in [1.165, 1.54) is 18.2 Å². The fourth-order valence-electron chi connectivity index (χ4n) is 1.16. The SMILES string of the molecule is COC(=O)/C(C#N)=N\Nc1ccccc1C(F)(F)F. The summed E-state index contributed by atoms with van der Waals surface area (Å²) >= 11 is 0. The number of anilines is 1. The molecule has 0 fully saturated rings. The van der Waals surface area contributed by atoms with E-state index in [2.05, 4.69) is 9.84 Å². The second-order valence-corrected chi connectivity index (χ2v) is 3.22. The number of nitrogens with one attached hydrogen (secondary N) is 1. The Hall–Kier alpha value is -2.56. The summed E-state index contributed by atoms with van der Waals surface area (Å²) in [4.78, 5) is 11.0. The summed E-state index contributed by atoms with van der Waals surface area (Å²) < 4.78 is 42.1. The van der Waals surface area contributed by atoms with Gasteiger partial charge in [0.05, 0.1) is 18.4 Å². The molecule has 100 valence electrons. The summed E-state index contributed by atoms with van der Waals surface area (Å²) in [6, 6.07) is 5.96. The number of hydrogen-bond donors (Lipinski definition) is 1. The summed E-state index contributed by atoms with van der Waals surface area (Å²) in [6.45, 7) is 0. The average molecular weight is 271 g/mol. The maximum atomic E-state index is 12.6. The van der Waals surface area contributed by atoms with Crippen LogP contribution in [0.1, 0.15) is 5.56 Å². The first-order valence-corrected chi connectivity index (χ1v) is 4.88. The minimum absolute atomic E-state index is 0.369. The van der Waals surface area contributed by atoms with Crippen LogP contribution in [0.5, 0.6) is 0 Å². The first kappa shape index (κ1) is 14.5. The molecule has 0 saturated heterocycles. The number of benzene rings is 1. The van der Waals surface area contributed by atoms with E-state index >= 15 is 0 Å². The van der Waals surface area contributed by atoms with Gasteiger partial charge in [0.1, 0.15) is 6.07 Å². The van der Waals surface area contributed by atoms with Crippen LogP contribution in [-0.4, -0.2) is 18.8 Å². The van der Waals surface area contributed by atoms with Crippen molar-refractivity contribution >= 4 is 17.4 Å². The quantitative estimate of drug-likeness (QED) is 0.519. The predicted molar refractivity (Wildman–Crippen MR) is 60.1 cm³/mol. The molecular weight excluding hydrogens is 263 g/mol. The van der Waals surface area contributed by atoms with E-state index < -0.39 is 23.4 Å². The molecule has 1 N–H and O–H groups in total. The highest BCUT2D eigenvalue weighted by Gasteiger charge is 2.33. The topological polar surface area (TPSA) is 74.5 Å². The van der Waals surface area contributed by atoms with E-state index in [-0.39, 0.29) is 5.69 Å². The lowest BCUT2D eigenvalue weighted by molar-refractivity contribution is -0.137. The zero-order valence-electron chi connectivity index (χ0n) is 9.65. The second-order valence-electron chi connectivity index (χ2n) is 3.22. The molecule has 1 rings (SSSR count). The summed E-state index contributed by atoms with van der Waals surface area (Å²) in [7, 11) is 1.03. The van der Waals surface area contributed by atoms with Crippen LogP contribution in [0.15, 0.2) is 29.4 Å². The largest absolute Gasteiger partial charge is 0.464 e. The molecule has 8 heteroatoms.